The maximum absolute atomic E-state index is 10.5. The zero-order valence-electron chi connectivity index (χ0n) is 10.5. The van der Waals surface area contributed by atoms with Crippen LogP contribution in [0.3, 0.4) is 0 Å². The summed E-state index contributed by atoms with van der Waals surface area (Å²) in [6.07, 6.45) is 4.47. The van der Waals surface area contributed by atoms with Crippen LogP contribution in [0.25, 0.3) is 0 Å². The van der Waals surface area contributed by atoms with E-state index in [0.717, 1.165) is 18.4 Å². The molecule has 1 aromatic carbocycles. The molecule has 0 aliphatic carbocycles. The fourth-order valence-corrected chi connectivity index (χ4v) is 1.84. The quantitative estimate of drug-likeness (QED) is 0.585. The first-order chi connectivity index (χ1) is 8.17. The Balaban J connectivity index is 2.57. The highest BCUT2D eigenvalue weighted by Gasteiger charge is 2.08. The number of likely N-dealkylation sites (N-methyl/N-ethyl adjacent to an activating group) is 1. The van der Waals surface area contributed by atoms with Gasteiger partial charge in [0.25, 0.3) is 5.69 Å². The summed E-state index contributed by atoms with van der Waals surface area (Å²) in [6, 6.07) is 7.28. The topological polar surface area (TPSA) is 55.2 Å². The minimum atomic E-state index is -0.365. The number of unbranched alkanes of at least 4 members (excludes halogenated alkanes) is 1. The van der Waals surface area contributed by atoms with Crippen molar-refractivity contribution in [2.75, 3.05) is 7.05 Å². The maximum Gasteiger partial charge on any atom is 0.269 e. The molecule has 1 unspecified atom stereocenters. The summed E-state index contributed by atoms with van der Waals surface area (Å²) in [5.74, 6) is 0. The molecule has 0 fully saturated rings. The van der Waals surface area contributed by atoms with Crippen LogP contribution in [-0.4, -0.2) is 18.0 Å². The van der Waals surface area contributed by atoms with Crippen LogP contribution >= 0.6 is 0 Å². The van der Waals surface area contributed by atoms with E-state index in [1.807, 2.05) is 19.2 Å². The van der Waals surface area contributed by atoms with Crippen molar-refractivity contribution in [1.82, 2.24) is 5.32 Å². The monoisotopic (exact) mass is 236 g/mol. The Kier molecular flexibility index (Phi) is 5.63. The lowest BCUT2D eigenvalue weighted by atomic mass is 10.0. The molecule has 0 aliphatic rings. The molecule has 17 heavy (non-hydrogen) atoms. The van der Waals surface area contributed by atoms with Gasteiger partial charge >= 0.3 is 0 Å². The molecular formula is C13H20N2O2. The molecule has 4 heteroatoms. The van der Waals surface area contributed by atoms with E-state index in [0.29, 0.717) is 6.04 Å². The molecule has 0 bridgehead atoms. The fourth-order valence-electron chi connectivity index (χ4n) is 1.84. The van der Waals surface area contributed by atoms with E-state index in [9.17, 15) is 10.1 Å². The van der Waals surface area contributed by atoms with Crippen LogP contribution in [0.5, 0.6) is 0 Å². The molecule has 0 saturated carbocycles. The van der Waals surface area contributed by atoms with Crippen molar-refractivity contribution in [3.05, 3.63) is 39.9 Å². The van der Waals surface area contributed by atoms with Gasteiger partial charge in [0.05, 0.1) is 4.92 Å². The highest BCUT2D eigenvalue weighted by Crippen LogP contribution is 2.14. The minimum absolute atomic E-state index is 0.156. The smallest absolute Gasteiger partial charge is 0.269 e. The van der Waals surface area contributed by atoms with Gasteiger partial charge in [-0.2, -0.15) is 0 Å². The Bertz CT molecular complexity index is 349. The van der Waals surface area contributed by atoms with Crippen LogP contribution in [0.4, 0.5) is 5.69 Å². The number of nitrogens with zero attached hydrogens (tertiary/aromatic N) is 1. The Labute approximate surface area is 102 Å². The van der Waals surface area contributed by atoms with E-state index in [2.05, 4.69) is 12.2 Å². The van der Waals surface area contributed by atoms with Gasteiger partial charge in [-0.15, -0.1) is 0 Å². The number of nitro groups is 1. The molecule has 1 N–H and O–H groups in total. The predicted molar refractivity (Wildman–Crippen MR) is 69.2 cm³/mol. The van der Waals surface area contributed by atoms with Gasteiger partial charge in [-0.3, -0.25) is 10.1 Å². The molecule has 0 heterocycles. The molecule has 94 valence electrons. The number of nitrogens with one attached hydrogen (secondary N) is 1. The highest BCUT2D eigenvalue weighted by molar-refractivity contribution is 5.33. The molecule has 0 aliphatic heterocycles. The van der Waals surface area contributed by atoms with E-state index in [1.54, 1.807) is 12.1 Å². The molecule has 1 aromatic rings. The second kappa shape index (κ2) is 7.01. The van der Waals surface area contributed by atoms with Crippen LogP contribution in [0, 0.1) is 10.1 Å². The summed E-state index contributed by atoms with van der Waals surface area (Å²) < 4.78 is 0. The van der Waals surface area contributed by atoms with Gasteiger partial charge in [0.2, 0.25) is 0 Å². The van der Waals surface area contributed by atoms with E-state index < -0.39 is 0 Å². The van der Waals surface area contributed by atoms with E-state index in [-0.39, 0.29) is 10.6 Å². The number of rotatable bonds is 7. The predicted octanol–water partition coefficient (Wildman–Crippen LogP) is 2.92. The molecule has 0 saturated heterocycles. The molecule has 0 aromatic heterocycles. The third-order valence-electron chi connectivity index (χ3n) is 2.94. The first kappa shape index (κ1) is 13.6. The van der Waals surface area contributed by atoms with Crippen LogP contribution in [0.2, 0.25) is 0 Å². The zero-order chi connectivity index (χ0) is 12.7. The Hall–Kier alpha value is -1.42. The average molecular weight is 236 g/mol. The van der Waals surface area contributed by atoms with Gasteiger partial charge in [0.15, 0.2) is 0 Å². The number of hydrogen-bond donors (Lipinski definition) is 1. The standard InChI is InChI=1S/C13H20N2O2/c1-3-4-5-12(14-2)10-11-6-8-13(9-7-11)15(16)17/h6-9,12,14H,3-5,10H2,1-2H3. The molecule has 0 radical (unpaired) electrons. The lowest BCUT2D eigenvalue weighted by Crippen LogP contribution is -2.27. The van der Waals surface area contributed by atoms with Crippen LogP contribution < -0.4 is 5.32 Å². The molecular weight excluding hydrogens is 216 g/mol. The molecule has 1 atom stereocenters. The SMILES string of the molecule is CCCCC(Cc1ccc([N+](=O)[O-])cc1)NC. The third kappa shape index (κ3) is 4.53. The third-order valence-corrected chi connectivity index (χ3v) is 2.94. The van der Waals surface area contributed by atoms with Crippen molar-refractivity contribution in [3.63, 3.8) is 0 Å². The van der Waals surface area contributed by atoms with Crippen LogP contribution in [0.1, 0.15) is 31.7 Å². The molecule has 0 amide bonds. The van der Waals surface area contributed by atoms with Gasteiger partial charge in [0, 0.05) is 18.2 Å². The zero-order valence-corrected chi connectivity index (χ0v) is 10.5. The van der Waals surface area contributed by atoms with Gasteiger partial charge in [-0.1, -0.05) is 31.9 Å². The number of benzene rings is 1. The van der Waals surface area contributed by atoms with Gasteiger partial charge < -0.3 is 5.32 Å². The van der Waals surface area contributed by atoms with Crippen LogP contribution in [-0.2, 0) is 6.42 Å². The largest absolute Gasteiger partial charge is 0.317 e. The van der Waals surface area contributed by atoms with Gasteiger partial charge in [-0.05, 0) is 25.5 Å². The molecule has 1 rings (SSSR count). The first-order valence-electron chi connectivity index (χ1n) is 6.08. The van der Waals surface area contributed by atoms with Gasteiger partial charge in [0.1, 0.15) is 0 Å². The van der Waals surface area contributed by atoms with E-state index >= 15 is 0 Å². The highest BCUT2D eigenvalue weighted by atomic mass is 16.6. The average Bonchev–Trinajstić information content (AvgIpc) is 2.35. The lowest BCUT2D eigenvalue weighted by molar-refractivity contribution is -0.384. The Morgan fingerprint density at radius 1 is 1.35 bits per heavy atom. The second-order valence-corrected chi connectivity index (χ2v) is 4.26. The summed E-state index contributed by atoms with van der Waals surface area (Å²) in [7, 11) is 1.96. The summed E-state index contributed by atoms with van der Waals surface area (Å²) in [4.78, 5) is 10.2. The first-order valence-corrected chi connectivity index (χ1v) is 6.08. The van der Waals surface area contributed by atoms with Crippen molar-refractivity contribution in [1.29, 1.82) is 0 Å². The van der Waals surface area contributed by atoms with Crippen molar-refractivity contribution in [3.8, 4) is 0 Å². The van der Waals surface area contributed by atoms with Crippen molar-refractivity contribution in [2.45, 2.75) is 38.6 Å². The van der Waals surface area contributed by atoms with Gasteiger partial charge in [-0.25, -0.2) is 0 Å². The minimum Gasteiger partial charge on any atom is -0.317 e. The number of non-ortho nitro benzene ring substituents is 1. The summed E-state index contributed by atoms with van der Waals surface area (Å²) in [5.41, 5.74) is 1.30. The Morgan fingerprint density at radius 3 is 2.47 bits per heavy atom. The van der Waals surface area contributed by atoms with E-state index in [1.165, 1.54) is 12.8 Å². The summed E-state index contributed by atoms with van der Waals surface area (Å²) in [5, 5.41) is 13.8. The fraction of sp³-hybridized carbons (Fsp3) is 0.538. The van der Waals surface area contributed by atoms with Crippen LogP contribution in [0.15, 0.2) is 24.3 Å². The van der Waals surface area contributed by atoms with Crippen molar-refractivity contribution >= 4 is 5.69 Å². The molecule has 4 nitrogen and oxygen atoms in total. The van der Waals surface area contributed by atoms with Crippen molar-refractivity contribution < 1.29 is 4.92 Å². The number of hydrogen-bond acceptors (Lipinski definition) is 3. The number of nitro benzene ring substituents is 1. The second-order valence-electron chi connectivity index (χ2n) is 4.26. The molecule has 0 spiro atoms. The normalized spacial score (nSPS) is 12.4. The summed E-state index contributed by atoms with van der Waals surface area (Å²) >= 11 is 0. The maximum atomic E-state index is 10.5. The Morgan fingerprint density at radius 2 is 2.00 bits per heavy atom. The van der Waals surface area contributed by atoms with E-state index in [4.69, 9.17) is 0 Å². The van der Waals surface area contributed by atoms with Crippen molar-refractivity contribution in [2.24, 2.45) is 0 Å². The lowest BCUT2D eigenvalue weighted by Gasteiger charge is -2.15. The summed E-state index contributed by atoms with van der Waals surface area (Å²) in [6.45, 7) is 2.18.